The van der Waals surface area contributed by atoms with Crippen LogP contribution in [-0.2, 0) is 17.6 Å². The number of anilines is 2. The summed E-state index contributed by atoms with van der Waals surface area (Å²) >= 11 is 1.46. The number of nitrogens with zero attached hydrogens (tertiary/aromatic N) is 2. The van der Waals surface area contributed by atoms with E-state index >= 15 is 0 Å². The first kappa shape index (κ1) is 16.1. The van der Waals surface area contributed by atoms with Crippen molar-refractivity contribution in [3.8, 4) is 0 Å². The number of benzene rings is 1. The van der Waals surface area contributed by atoms with Crippen molar-refractivity contribution in [3.05, 3.63) is 47.2 Å². The van der Waals surface area contributed by atoms with Crippen molar-refractivity contribution < 1.29 is 9.59 Å². The Kier molecular flexibility index (Phi) is 4.21. The lowest BCUT2D eigenvalue weighted by atomic mass is 9.91. The zero-order valence-electron chi connectivity index (χ0n) is 14.0. The molecule has 0 spiro atoms. The summed E-state index contributed by atoms with van der Waals surface area (Å²) in [4.78, 5) is 31.0. The van der Waals surface area contributed by atoms with Gasteiger partial charge in [0.25, 0.3) is 5.91 Å². The van der Waals surface area contributed by atoms with Crippen LogP contribution in [0.4, 0.5) is 11.4 Å². The number of hydrogen-bond acceptors (Lipinski definition) is 4. The van der Waals surface area contributed by atoms with Gasteiger partial charge in [0, 0.05) is 24.8 Å². The van der Waals surface area contributed by atoms with Gasteiger partial charge in [0.1, 0.15) is 5.03 Å². The summed E-state index contributed by atoms with van der Waals surface area (Å²) in [5.74, 6) is 0.0642. The van der Waals surface area contributed by atoms with Crippen molar-refractivity contribution in [2.24, 2.45) is 0 Å². The van der Waals surface area contributed by atoms with E-state index in [1.54, 1.807) is 18.3 Å². The fraction of sp³-hybridized carbons (Fsp3) is 0.316. The van der Waals surface area contributed by atoms with Gasteiger partial charge in [0.15, 0.2) is 0 Å². The molecule has 0 bridgehead atoms. The highest BCUT2D eigenvalue weighted by Crippen LogP contribution is 2.38. The van der Waals surface area contributed by atoms with E-state index in [0.717, 1.165) is 53.3 Å². The van der Waals surface area contributed by atoms with Gasteiger partial charge >= 0.3 is 0 Å². The Balaban J connectivity index is 1.66. The molecule has 6 heteroatoms. The number of carbonyl (C=O) groups excluding carboxylic acids is 2. The zero-order chi connectivity index (χ0) is 17.4. The molecule has 0 fully saturated rings. The Morgan fingerprint density at radius 2 is 2.04 bits per heavy atom. The number of carbonyl (C=O) groups is 2. The molecule has 5 nitrogen and oxygen atoms in total. The monoisotopic (exact) mass is 353 g/mol. The average molecular weight is 353 g/mol. The number of aromatic nitrogens is 1. The molecular weight excluding hydrogens is 334 g/mol. The maximum atomic E-state index is 12.7. The molecule has 0 saturated carbocycles. The standard InChI is InChI=1S/C19H19N3O2S/c1-25-19-15(5-2-8-20-19)18(24)21-14-10-12-4-3-9-22-16(23)7-6-13(11-14)17(12)22/h2,5,8,10-11H,3-4,6-7,9H2,1H3,(H,21,24). The maximum Gasteiger partial charge on any atom is 0.258 e. The number of pyridine rings is 1. The van der Waals surface area contributed by atoms with E-state index in [1.165, 1.54) is 11.8 Å². The molecule has 1 N–H and O–H groups in total. The van der Waals surface area contributed by atoms with Gasteiger partial charge < -0.3 is 10.2 Å². The van der Waals surface area contributed by atoms with Crippen LogP contribution in [0.1, 0.15) is 34.3 Å². The van der Waals surface area contributed by atoms with E-state index in [0.29, 0.717) is 12.0 Å². The largest absolute Gasteiger partial charge is 0.322 e. The van der Waals surface area contributed by atoms with Crippen LogP contribution in [0.15, 0.2) is 35.5 Å². The first-order valence-electron chi connectivity index (χ1n) is 8.44. The second-order valence-electron chi connectivity index (χ2n) is 6.31. The molecule has 128 valence electrons. The van der Waals surface area contributed by atoms with E-state index in [1.807, 2.05) is 23.3 Å². The lowest BCUT2D eigenvalue weighted by molar-refractivity contribution is -0.119. The maximum absolute atomic E-state index is 12.7. The van der Waals surface area contributed by atoms with Gasteiger partial charge in [-0.3, -0.25) is 9.59 Å². The van der Waals surface area contributed by atoms with E-state index < -0.39 is 0 Å². The number of rotatable bonds is 3. The van der Waals surface area contributed by atoms with Crippen LogP contribution in [0.25, 0.3) is 0 Å². The predicted molar refractivity (Wildman–Crippen MR) is 99.4 cm³/mol. The molecular formula is C19H19N3O2S. The minimum atomic E-state index is -0.149. The Hall–Kier alpha value is -2.34. The zero-order valence-corrected chi connectivity index (χ0v) is 14.9. The van der Waals surface area contributed by atoms with Gasteiger partial charge in [-0.25, -0.2) is 4.98 Å². The van der Waals surface area contributed by atoms with Gasteiger partial charge in [0.05, 0.1) is 11.3 Å². The highest BCUT2D eigenvalue weighted by atomic mass is 32.2. The predicted octanol–water partition coefficient (Wildman–Crippen LogP) is 3.28. The van der Waals surface area contributed by atoms with E-state index in [4.69, 9.17) is 0 Å². The topological polar surface area (TPSA) is 62.3 Å². The Morgan fingerprint density at radius 1 is 1.24 bits per heavy atom. The summed E-state index contributed by atoms with van der Waals surface area (Å²) in [6.07, 6.45) is 6.80. The third-order valence-corrected chi connectivity index (χ3v) is 5.45. The molecule has 1 aromatic heterocycles. The average Bonchev–Trinajstić information content (AvgIpc) is 2.64. The van der Waals surface area contributed by atoms with Crippen molar-refractivity contribution in [2.75, 3.05) is 23.0 Å². The molecule has 2 amide bonds. The van der Waals surface area contributed by atoms with Gasteiger partial charge in [-0.15, -0.1) is 11.8 Å². The van der Waals surface area contributed by atoms with Crippen LogP contribution in [0.5, 0.6) is 0 Å². The van der Waals surface area contributed by atoms with Crippen LogP contribution < -0.4 is 10.2 Å². The molecule has 2 aliphatic heterocycles. The number of nitrogens with one attached hydrogen (secondary N) is 1. The molecule has 0 atom stereocenters. The highest BCUT2D eigenvalue weighted by Gasteiger charge is 2.29. The second kappa shape index (κ2) is 6.52. The van der Waals surface area contributed by atoms with E-state index in [9.17, 15) is 9.59 Å². The SMILES string of the molecule is CSc1ncccc1C(=O)Nc1cc2c3c(c1)CCC(=O)N3CCC2. The molecule has 0 unspecified atom stereocenters. The fourth-order valence-electron chi connectivity index (χ4n) is 3.65. The van der Waals surface area contributed by atoms with Gasteiger partial charge in [-0.05, 0) is 60.9 Å². The number of aryl methyl sites for hydroxylation is 2. The van der Waals surface area contributed by atoms with Gasteiger partial charge in [-0.1, -0.05) is 0 Å². The van der Waals surface area contributed by atoms with Crippen molar-refractivity contribution in [3.63, 3.8) is 0 Å². The Morgan fingerprint density at radius 3 is 2.84 bits per heavy atom. The number of amides is 2. The first-order valence-corrected chi connectivity index (χ1v) is 9.66. The molecule has 3 heterocycles. The molecule has 2 aliphatic rings. The summed E-state index contributed by atoms with van der Waals surface area (Å²) in [5, 5.41) is 3.73. The summed E-state index contributed by atoms with van der Waals surface area (Å²) in [6, 6.07) is 7.58. The van der Waals surface area contributed by atoms with Crippen LogP contribution >= 0.6 is 11.8 Å². The molecule has 0 radical (unpaired) electrons. The van der Waals surface area contributed by atoms with Gasteiger partial charge in [0.2, 0.25) is 5.91 Å². The molecule has 2 aromatic rings. The second-order valence-corrected chi connectivity index (χ2v) is 7.10. The minimum Gasteiger partial charge on any atom is -0.322 e. The van der Waals surface area contributed by atoms with E-state index in [-0.39, 0.29) is 11.8 Å². The molecule has 25 heavy (non-hydrogen) atoms. The van der Waals surface area contributed by atoms with Crippen LogP contribution in [0, 0.1) is 0 Å². The summed E-state index contributed by atoms with van der Waals surface area (Å²) < 4.78 is 0. The molecule has 4 rings (SSSR count). The van der Waals surface area contributed by atoms with Crippen LogP contribution in [-0.4, -0.2) is 29.6 Å². The number of thioether (sulfide) groups is 1. The third kappa shape index (κ3) is 2.91. The normalized spacial score (nSPS) is 15.7. The summed E-state index contributed by atoms with van der Waals surface area (Å²) in [5.41, 5.74) is 4.77. The lowest BCUT2D eigenvalue weighted by Gasteiger charge is -2.35. The quantitative estimate of drug-likeness (QED) is 0.860. The number of hydrogen-bond donors (Lipinski definition) is 1. The highest BCUT2D eigenvalue weighted by molar-refractivity contribution is 7.98. The summed E-state index contributed by atoms with van der Waals surface area (Å²) in [7, 11) is 0. The van der Waals surface area contributed by atoms with Crippen molar-refractivity contribution >= 4 is 35.0 Å². The van der Waals surface area contributed by atoms with Crippen LogP contribution in [0.3, 0.4) is 0 Å². The minimum absolute atomic E-state index is 0.149. The Labute approximate surface area is 150 Å². The molecule has 1 aromatic carbocycles. The fourth-order valence-corrected chi connectivity index (χ4v) is 4.20. The van der Waals surface area contributed by atoms with Crippen molar-refractivity contribution in [2.45, 2.75) is 30.7 Å². The van der Waals surface area contributed by atoms with Crippen molar-refractivity contribution in [1.82, 2.24) is 4.98 Å². The molecule has 0 saturated heterocycles. The van der Waals surface area contributed by atoms with Crippen LogP contribution in [0.2, 0.25) is 0 Å². The van der Waals surface area contributed by atoms with E-state index in [2.05, 4.69) is 10.3 Å². The smallest absolute Gasteiger partial charge is 0.258 e. The summed E-state index contributed by atoms with van der Waals surface area (Å²) in [6.45, 7) is 0.803. The Bertz CT molecular complexity index is 848. The first-order chi connectivity index (χ1) is 12.2. The third-order valence-electron chi connectivity index (χ3n) is 4.74. The lowest BCUT2D eigenvalue weighted by Crippen LogP contribution is -2.39. The molecule has 0 aliphatic carbocycles. The van der Waals surface area contributed by atoms with Crippen molar-refractivity contribution in [1.29, 1.82) is 0 Å². The van der Waals surface area contributed by atoms with Gasteiger partial charge in [-0.2, -0.15) is 0 Å².